The Hall–Kier alpha value is -1.18. The number of likely N-dealkylation sites (N-methyl/N-ethyl adjacent to an activating group) is 1. The molecule has 2 saturated heterocycles. The minimum atomic E-state index is -1.47. The first kappa shape index (κ1) is 16.2. The van der Waals surface area contributed by atoms with E-state index >= 15 is 0 Å². The van der Waals surface area contributed by atoms with Crippen LogP contribution in [0.1, 0.15) is 27.2 Å². The standard InChI is InChI=1S/C14H23NO6/c1-6-19-9-8-13(3)15(4)10(11(16)20-7-2)14(9,21-13)12(17)18-5/h9-10H,6-8H2,1-5H3/t9-,10+,13-,14+/m1/s1. The van der Waals surface area contributed by atoms with Gasteiger partial charge in [0.15, 0.2) is 6.04 Å². The highest BCUT2D eigenvalue weighted by Gasteiger charge is 2.75. The predicted molar refractivity (Wildman–Crippen MR) is 72.5 cm³/mol. The van der Waals surface area contributed by atoms with Crippen molar-refractivity contribution in [2.24, 2.45) is 0 Å². The van der Waals surface area contributed by atoms with Crippen LogP contribution < -0.4 is 0 Å². The number of carbonyl (C=O) groups is 2. The Kier molecular flexibility index (Phi) is 4.28. The summed E-state index contributed by atoms with van der Waals surface area (Å²) in [6.07, 6.45) is -0.0481. The van der Waals surface area contributed by atoms with Crippen LogP contribution in [0, 0.1) is 0 Å². The topological polar surface area (TPSA) is 74.3 Å². The van der Waals surface area contributed by atoms with E-state index in [-0.39, 0.29) is 6.61 Å². The lowest BCUT2D eigenvalue weighted by Gasteiger charge is -2.40. The number of hydrogen-bond acceptors (Lipinski definition) is 7. The van der Waals surface area contributed by atoms with Gasteiger partial charge in [0.1, 0.15) is 11.8 Å². The predicted octanol–water partition coefficient (Wildman–Crippen LogP) is 0.317. The Morgan fingerprint density at radius 1 is 1.33 bits per heavy atom. The first-order valence-corrected chi connectivity index (χ1v) is 7.17. The first-order chi connectivity index (χ1) is 9.87. The van der Waals surface area contributed by atoms with Crippen LogP contribution in [0.25, 0.3) is 0 Å². The molecule has 0 amide bonds. The third kappa shape index (κ3) is 2.15. The van der Waals surface area contributed by atoms with E-state index in [9.17, 15) is 9.59 Å². The highest BCUT2D eigenvalue weighted by Crippen LogP contribution is 2.52. The molecule has 2 fully saturated rings. The van der Waals surface area contributed by atoms with Crippen LogP contribution in [0.15, 0.2) is 0 Å². The zero-order chi connectivity index (χ0) is 15.8. The van der Waals surface area contributed by atoms with E-state index in [4.69, 9.17) is 18.9 Å². The van der Waals surface area contributed by atoms with Gasteiger partial charge in [0.25, 0.3) is 0 Å². The fourth-order valence-electron chi connectivity index (χ4n) is 3.36. The normalized spacial score (nSPS) is 38.5. The van der Waals surface area contributed by atoms with Crippen LogP contribution in [0.5, 0.6) is 0 Å². The molecule has 0 aromatic rings. The highest BCUT2D eigenvalue weighted by molar-refractivity contribution is 5.92. The molecular weight excluding hydrogens is 278 g/mol. The number of likely N-dealkylation sites (tertiary alicyclic amines) is 1. The number of fused-ring (bicyclic) bond motifs is 2. The maximum atomic E-state index is 12.4. The molecule has 7 heteroatoms. The van der Waals surface area contributed by atoms with Crippen LogP contribution >= 0.6 is 0 Å². The third-order valence-corrected chi connectivity index (χ3v) is 4.35. The van der Waals surface area contributed by atoms with Crippen molar-refractivity contribution in [2.75, 3.05) is 27.4 Å². The van der Waals surface area contributed by atoms with E-state index in [1.54, 1.807) is 18.9 Å². The second kappa shape index (κ2) is 5.55. The SMILES string of the molecule is CCOC(=O)[C@@H]1N(C)[C@@]2(C)C[C@@H](OCC)[C@]1(C(=O)OC)O2. The number of piperidine rings is 1. The van der Waals surface area contributed by atoms with Crippen molar-refractivity contribution in [1.29, 1.82) is 0 Å². The van der Waals surface area contributed by atoms with E-state index in [0.29, 0.717) is 13.0 Å². The fourth-order valence-corrected chi connectivity index (χ4v) is 3.36. The van der Waals surface area contributed by atoms with Gasteiger partial charge in [0.05, 0.1) is 13.7 Å². The second-order valence-corrected chi connectivity index (χ2v) is 5.48. The molecule has 7 nitrogen and oxygen atoms in total. The molecule has 0 radical (unpaired) electrons. The monoisotopic (exact) mass is 301 g/mol. The molecule has 21 heavy (non-hydrogen) atoms. The second-order valence-electron chi connectivity index (χ2n) is 5.48. The van der Waals surface area contributed by atoms with Crippen molar-refractivity contribution in [3.63, 3.8) is 0 Å². The van der Waals surface area contributed by atoms with Gasteiger partial charge < -0.3 is 18.9 Å². The molecule has 2 rings (SSSR count). The van der Waals surface area contributed by atoms with E-state index in [2.05, 4.69) is 0 Å². The number of methoxy groups -OCH3 is 1. The summed E-state index contributed by atoms with van der Waals surface area (Å²) in [5.41, 5.74) is -2.23. The van der Waals surface area contributed by atoms with Gasteiger partial charge >= 0.3 is 11.9 Å². The van der Waals surface area contributed by atoms with Gasteiger partial charge in [-0.15, -0.1) is 0 Å². The van der Waals surface area contributed by atoms with E-state index in [1.165, 1.54) is 7.11 Å². The lowest BCUT2D eigenvalue weighted by Crippen LogP contribution is -2.65. The summed E-state index contributed by atoms with van der Waals surface area (Å²) in [5, 5.41) is 0. The summed E-state index contributed by atoms with van der Waals surface area (Å²) in [7, 11) is 3.02. The van der Waals surface area contributed by atoms with Gasteiger partial charge in [-0.3, -0.25) is 9.69 Å². The lowest BCUT2D eigenvalue weighted by molar-refractivity contribution is -0.183. The molecule has 0 saturated carbocycles. The molecule has 0 spiro atoms. The molecule has 2 aliphatic rings. The Bertz CT molecular complexity index is 441. The molecule has 0 N–H and O–H groups in total. The Labute approximate surface area is 124 Å². The van der Waals surface area contributed by atoms with Crippen molar-refractivity contribution in [1.82, 2.24) is 4.90 Å². The largest absolute Gasteiger partial charge is 0.467 e. The molecule has 4 atom stereocenters. The van der Waals surface area contributed by atoms with E-state index < -0.39 is 35.4 Å². The number of carbonyl (C=O) groups excluding carboxylic acids is 2. The minimum absolute atomic E-state index is 0.233. The Balaban J connectivity index is 2.46. The summed E-state index contributed by atoms with van der Waals surface area (Å²) >= 11 is 0. The molecule has 120 valence electrons. The van der Waals surface area contributed by atoms with Crippen molar-refractivity contribution < 1.29 is 28.5 Å². The Morgan fingerprint density at radius 2 is 2.00 bits per heavy atom. The maximum Gasteiger partial charge on any atom is 0.343 e. The van der Waals surface area contributed by atoms with Crippen LogP contribution in [-0.2, 0) is 28.5 Å². The molecule has 2 aliphatic heterocycles. The van der Waals surface area contributed by atoms with Crippen molar-refractivity contribution in [3.8, 4) is 0 Å². The molecule has 0 aromatic carbocycles. The lowest BCUT2D eigenvalue weighted by atomic mass is 9.82. The van der Waals surface area contributed by atoms with Gasteiger partial charge in [0.2, 0.25) is 5.60 Å². The van der Waals surface area contributed by atoms with Gasteiger partial charge in [-0.1, -0.05) is 0 Å². The van der Waals surface area contributed by atoms with Gasteiger partial charge in [0, 0.05) is 13.0 Å². The van der Waals surface area contributed by atoms with Crippen LogP contribution in [-0.4, -0.2) is 67.7 Å². The van der Waals surface area contributed by atoms with E-state index in [1.807, 2.05) is 13.8 Å². The molecule has 0 unspecified atom stereocenters. The van der Waals surface area contributed by atoms with Gasteiger partial charge in [-0.25, -0.2) is 4.79 Å². The molecule has 0 aromatic heterocycles. The average Bonchev–Trinajstić information content (AvgIpc) is 2.85. The van der Waals surface area contributed by atoms with Crippen molar-refractivity contribution in [3.05, 3.63) is 0 Å². The van der Waals surface area contributed by atoms with Gasteiger partial charge in [-0.05, 0) is 27.8 Å². The third-order valence-electron chi connectivity index (χ3n) is 4.35. The first-order valence-electron chi connectivity index (χ1n) is 7.17. The fraction of sp³-hybridized carbons (Fsp3) is 0.857. The molecular formula is C14H23NO6. The van der Waals surface area contributed by atoms with E-state index in [0.717, 1.165) is 0 Å². The average molecular weight is 301 g/mol. The zero-order valence-electron chi connectivity index (χ0n) is 13.2. The smallest absolute Gasteiger partial charge is 0.343 e. The summed E-state index contributed by atoms with van der Waals surface area (Å²) in [6.45, 7) is 6.04. The summed E-state index contributed by atoms with van der Waals surface area (Å²) < 4.78 is 21.7. The number of hydrogen-bond donors (Lipinski definition) is 0. The number of rotatable bonds is 5. The van der Waals surface area contributed by atoms with Crippen LogP contribution in [0.2, 0.25) is 0 Å². The summed E-state index contributed by atoms with van der Waals surface area (Å²) in [6, 6.07) is -0.875. The molecule has 2 bridgehead atoms. The highest BCUT2D eigenvalue weighted by atomic mass is 16.6. The van der Waals surface area contributed by atoms with Gasteiger partial charge in [-0.2, -0.15) is 0 Å². The summed E-state index contributed by atoms with van der Waals surface area (Å²) in [4.78, 5) is 26.5. The van der Waals surface area contributed by atoms with Crippen molar-refractivity contribution in [2.45, 2.75) is 50.7 Å². The minimum Gasteiger partial charge on any atom is -0.467 e. The summed E-state index contributed by atoms with van der Waals surface area (Å²) in [5.74, 6) is -1.11. The zero-order valence-corrected chi connectivity index (χ0v) is 13.2. The van der Waals surface area contributed by atoms with Crippen LogP contribution in [0.4, 0.5) is 0 Å². The molecule has 0 aliphatic carbocycles. The number of esters is 2. The maximum absolute atomic E-state index is 12.4. The quantitative estimate of drug-likeness (QED) is 0.677. The van der Waals surface area contributed by atoms with Crippen molar-refractivity contribution >= 4 is 11.9 Å². The molecule has 2 heterocycles. The number of nitrogens with zero attached hydrogens (tertiary/aromatic N) is 1. The number of ether oxygens (including phenoxy) is 4. The van der Waals surface area contributed by atoms with Crippen LogP contribution in [0.3, 0.4) is 0 Å². The Morgan fingerprint density at radius 3 is 2.52 bits per heavy atom.